The molecular formula is C22H23FN4O4S. The molecule has 1 aliphatic carbocycles. The van der Waals surface area contributed by atoms with Crippen molar-refractivity contribution in [3.05, 3.63) is 65.2 Å². The minimum Gasteiger partial charge on any atom is -0.506 e. The molecule has 10 heteroatoms. The summed E-state index contributed by atoms with van der Waals surface area (Å²) >= 11 is 0. The van der Waals surface area contributed by atoms with E-state index in [1.807, 2.05) is 0 Å². The summed E-state index contributed by atoms with van der Waals surface area (Å²) in [5, 5.41) is 17.3. The van der Waals surface area contributed by atoms with Crippen LogP contribution in [0.2, 0.25) is 0 Å². The van der Waals surface area contributed by atoms with E-state index in [-0.39, 0.29) is 27.8 Å². The summed E-state index contributed by atoms with van der Waals surface area (Å²) in [7, 11) is -0.951. The maximum Gasteiger partial charge on any atom is 0.276 e. The van der Waals surface area contributed by atoms with Gasteiger partial charge in [0.2, 0.25) is 10.0 Å². The number of nitrogens with zero attached hydrogens (tertiary/aromatic N) is 3. The van der Waals surface area contributed by atoms with Crippen LogP contribution in [0.3, 0.4) is 0 Å². The monoisotopic (exact) mass is 458 g/mol. The van der Waals surface area contributed by atoms with Gasteiger partial charge < -0.3 is 10.4 Å². The fourth-order valence-corrected chi connectivity index (χ4v) is 4.67. The molecule has 0 saturated carbocycles. The number of amides is 1. The van der Waals surface area contributed by atoms with Crippen LogP contribution in [-0.4, -0.2) is 47.6 Å². The molecule has 0 fully saturated rings. The molecular weight excluding hydrogens is 435 g/mol. The Morgan fingerprint density at radius 2 is 1.81 bits per heavy atom. The fraction of sp³-hybridized carbons (Fsp3) is 0.273. The van der Waals surface area contributed by atoms with Gasteiger partial charge in [-0.15, -0.1) is 0 Å². The molecule has 1 aliphatic rings. The lowest BCUT2D eigenvalue weighted by Crippen LogP contribution is -2.22. The second-order valence-corrected chi connectivity index (χ2v) is 9.94. The SMILES string of the molecule is CN(C)S(=O)(=O)c1ccc(O)c(NC(=O)c2nn(-c3ccc(F)cc3)c3c2CCCC3)c1. The smallest absolute Gasteiger partial charge is 0.276 e. The van der Waals surface area contributed by atoms with Crippen LogP contribution in [0, 0.1) is 5.82 Å². The summed E-state index contributed by atoms with van der Waals surface area (Å²) in [4.78, 5) is 13.1. The third-order valence-corrected chi connectivity index (χ3v) is 7.27. The first kappa shape index (κ1) is 22.0. The minimum atomic E-state index is -3.75. The second-order valence-electron chi connectivity index (χ2n) is 7.79. The summed E-state index contributed by atoms with van der Waals surface area (Å²) in [6, 6.07) is 9.57. The molecule has 0 atom stereocenters. The van der Waals surface area contributed by atoms with Gasteiger partial charge in [0, 0.05) is 25.4 Å². The largest absolute Gasteiger partial charge is 0.506 e. The average molecular weight is 459 g/mol. The Kier molecular flexibility index (Phi) is 5.74. The van der Waals surface area contributed by atoms with Gasteiger partial charge in [-0.25, -0.2) is 21.8 Å². The number of carbonyl (C=O) groups excluding carboxylic acids is 1. The maximum absolute atomic E-state index is 13.4. The van der Waals surface area contributed by atoms with Crippen LogP contribution in [0.15, 0.2) is 47.4 Å². The maximum atomic E-state index is 13.4. The number of carbonyl (C=O) groups is 1. The molecule has 32 heavy (non-hydrogen) atoms. The standard InChI is InChI=1S/C22H23FN4O4S/c1-26(2)32(30,31)16-11-12-20(28)18(13-16)24-22(29)21-17-5-3-4-6-19(17)27(25-21)15-9-7-14(23)8-10-15/h7-13,28H,3-6H2,1-2H3,(H,24,29). The van der Waals surface area contributed by atoms with Gasteiger partial charge in [-0.1, -0.05) is 0 Å². The number of nitrogens with one attached hydrogen (secondary N) is 1. The van der Waals surface area contributed by atoms with E-state index >= 15 is 0 Å². The molecule has 0 unspecified atom stereocenters. The van der Waals surface area contributed by atoms with Gasteiger partial charge >= 0.3 is 0 Å². The van der Waals surface area contributed by atoms with E-state index in [2.05, 4.69) is 10.4 Å². The Hall–Kier alpha value is -3.24. The Morgan fingerprint density at radius 1 is 1.12 bits per heavy atom. The Bertz CT molecular complexity index is 1280. The predicted octanol–water partition coefficient (Wildman–Crippen LogP) is 3.10. The molecule has 1 aromatic heterocycles. The molecule has 0 spiro atoms. The number of halogens is 1. The molecule has 3 aromatic rings. The Morgan fingerprint density at radius 3 is 2.50 bits per heavy atom. The van der Waals surface area contributed by atoms with E-state index in [0.29, 0.717) is 12.1 Å². The zero-order valence-electron chi connectivity index (χ0n) is 17.7. The summed E-state index contributed by atoms with van der Waals surface area (Å²) in [5.41, 5.74) is 2.50. The topological polar surface area (TPSA) is 105 Å². The number of aromatic nitrogens is 2. The molecule has 0 radical (unpaired) electrons. The average Bonchev–Trinajstić information content (AvgIpc) is 3.15. The van der Waals surface area contributed by atoms with Crippen molar-refractivity contribution in [3.8, 4) is 11.4 Å². The number of sulfonamides is 1. The fourth-order valence-electron chi connectivity index (χ4n) is 3.75. The lowest BCUT2D eigenvalue weighted by molar-refractivity contribution is 0.102. The van der Waals surface area contributed by atoms with E-state index in [1.165, 1.54) is 44.4 Å². The zero-order chi connectivity index (χ0) is 23.0. The first-order valence-electron chi connectivity index (χ1n) is 10.1. The van der Waals surface area contributed by atoms with Gasteiger partial charge in [0.1, 0.15) is 11.6 Å². The highest BCUT2D eigenvalue weighted by Crippen LogP contribution is 2.30. The number of hydrogen-bond donors (Lipinski definition) is 2. The molecule has 0 aliphatic heterocycles. The molecule has 0 bridgehead atoms. The third-order valence-electron chi connectivity index (χ3n) is 5.46. The summed E-state index contributed by atoms with van der Waals surface area (Å²) in [6.45, 7) is 0. The van der Waals surface area contributed by atoms with Crippen LogP contribution < -0.4 is 5.32 Å². The van der Waals surface area contributed by atoms with Gasteiger partial charge in [0.25, 0.3) is 5.91 Å². The van der Waals surface area contributed by atoms with Gasteiger partial charge in [-0.3, -0.25) is 4.79 Å². The van der Waals surface area contributed by atoms with E-state index in [0.717, 1.165) is 34.8 Å². The van der Waals surface area contributed by atoms with Gasteiger partial charge in [-0.05, 0) is 68.1 Å². The Labute approximate surface area is 185 Å². The molecule has 2 aromatic carbocycles. The van der Waals surface area contributed by atoms with Crippen LogP contribution in [-0.2, 0) is 22.9 Å². The number of fused-ring (bicyclic) bond motifs is 1. The van der Waals surface area contributed by atoms with E-state index in [9.17, 15) is 22.7 Å². The number of rotatable bonds is 5. The van der Waals surface area contributed by atoms with Gasteiger partial charge in [0.05, 0.1) is 16.3 Å². The molecule has 0 saturated heterocycles. The van der Waals surface area contributed by atoms with Crippen LogP contribution in [0.5, 0.6) is 5.75 Å². The van der Waals surface area contributed by atoms with Crippen molar-refractivity contribution in [2.75, 3.05) is 19.4 Å². The number of aromatic hydroxyl groups is 1. The zero-order valence-corrected chi connectivity index (χ0v) is 18.5. The number of benzene rings is 2. The first-order valence-corrected chi connectivity index (χ1v) is 11.6. The second kappa shape index (κ2) is 8.36. The predicted molar refractivity (Wildman–Crippen MR) is 117 cm³/mol. The van der Waals surface area contributed by atoms with E-state index in [1.54, 1.807) is 16.8 Å². The van der Waals surface area contributed by atoms with Crippen molar-refractivity contribution in [1.82, 2.24) is 14.1 Å². The highest BCUT2D eigenvalue weighted by atomic mass is 32.2. The summed E-state index contributed by atoms with van der Waals surface area (Å²) < 4.78 is 40.9. The van der Waals surface area contributed by atoms with Crippen LogP contribution >= 0.6 is 0 Å². The van der Waals surface area contributed by atoms with Crippen LogP contribution in [0.4, 0.5) is 10.1 Å². The molecule has 2 N–H and O–H groups in total. The summed E-state index contributed by atoms with van der Waals surface area (Å²) in [5.74, 6) is -1.18. The number of phenolic OH excluding ortho intramolecular Hbond substituents is 1. The first-order chi connectivity index (χ1) is 15.2. The minimum absolute atomic E-state index is 0.0289. The normalized spacial score (nSPS) is 13.8. The summed E-state index contributed by atoms with van der Waals surface area (Å²) in [6.07, 6.45) is 3.26. The lowest BCUT2D eigenvalue weighted by atomic mass is 9.95. The molecule has 168 valence electrons. The molecule has 1 heterocycles. The van der Waals surface area contributed by atoms with Crippen molar-refractivity contribution in [2.45, 2.75) is 30.6 Å². The lowest BCUT2D eigenvalue weighted by Gasteiger charge is -2.15. The Balaban J connectivity index is 1.71. The molecule has 8 nitrogen and oxygen atoms in total. The highest BCUT2D eigenvalue weighted by molar-refractivity contribution is 7.89. The highest BCUT2D eigenvalue weighted by Gasteiger charge is 2.27. The number of hydrogen-bond acceptors (Lipinski definition) is 5. The van der Waals surface area contributed by atoms with Crippen molar-refractivity contribution in [1.29, 1.82) is 0 Å². The van der Waals surface area contributed by atoms with Crippen molar-refractivity contribution >= 4 is 21.6 Å². The van der Waals surface area contributed by atoms with E-state index in [4.69, 9.17) is 0 Å². The molecule has 1 amide bonds. The van der Waals surface area contributed by atoms with Crippen molar-refractivity contribution in [3.63, 3.8) is 0 Å². The van der Waals surface area contributed by atoms with Crippen molar-refractivity contribution < 1.29 is 22.7 Å². The number of phenols is 1. The van der Waals surface area contributed by atoms with Crippen molar-refractivity contribution in [2.24, 2.45) is 0 Å². The van der Waals surface area contributed by atoms with Crippen LogP contribution in [0.1, 0.15) is 34.6 Å². The molecule has 4 rings (SSSR count). The quantitative estimate of drug-likeness (QED) is 0.572. The number of anilines is 1. The van der Waals surface area contributed by atoms with Crippen LogP contribution in [0.25, 0.3) is 5.69 Å². The third kappa shape index (κ3) is 3.98. The van der Waals surface area contributed by atoms with Gasteiger partial charge in [0.15, 0.2) is 5.69 Å². The van der Waals surface area contributed by atoms with Gasteiger partial charge in [-0.2, -0.15) is 5.10 Å². The van der Waals surface area contributed by atoms with E-state index < -0.39 is 15.9 Å².